The quantitative estimate of drug-likeness (QED) is 0.656. The van der Waals surface area contributed by atoms with Gasteiger partial charge in [-0.15, -0.1) is 11.8 Å². The van der Waals surface area contributed by atoms with Gasteiger partial charge in [-0.2, -0.15) is 0 Å². The summed E-state index contributed by atoms with van der Waals surface area (Å²) in [5.41, 5.74) is 6.76. The zero-order valence-corrected chi connectivity index (χ0v) is 11.8. The zero-order chi connectivity index (χ0) is 15.4. The first-order valence-electron chi connectivity index (χ1n) is 6.13. The molecule has 0 unspecified atom stereocenters. The number of halogens is 2. The number of hydrogen-bond acceptors (Lipinski definition) is 3. The van der Waals surface area contributed by atoms with E-state index >= 15 is 0 Å². The maximum atomic E-state index is 13.7. The van der Waals surface area contributed by atoms with Crippen LogP contribution in [-0.4, -0.2) is 11.1 Å². The predicted molar refractivity (Wildman–Crippen MR) is 78.1 cm³/mol. The minimum Gasteiger partial charge on any atom is -0.481 e. The first kappa shape index (κ1) is 15.3. The number of carboxylic acid groups (broad SMARTS) is 1. The number of aliphatic carboxylic acids is 1. The van der Waals surface area contributed by atoms with Crippen LogP contribution in [-0.2, 0) is 17.0 Å². The van der Waals surface area contributed by atoms with Crippen LogP contribution in [0.15, 0.2) is 41.3 Å². The predicted octanol–water partition coefficient (Wildman–Crippen LogP) is 3.47. The van der Waals surface area contributed by atoms with E-state index in [2.05, 4.69) is 0 Å². The van der Waals surface area contributed by atoms with Crippen LogP contribution in [0.4, 0.5) is 14.5 Å². The molecular formula is C15H13F2NO2S. The van der Waals surface area contributed by atoms with Crippen LogP contribution in [0, 0.1) is 11.6 Å². The van der Waals surface area contributed by atoms with Crippen molar-refractivity contribution in [2.24, 2.45) is 0 Å². The van der Waals surface area contributed by atoms with Gasteiger partial charge in [0.1, 0.15) is 11.6 Å². The molecule has 0 heterocycles. The Morgan fingerprint density at radius 3 is 2.29 bits per heavy atom. The summed E-state index contributed by atoms with van der Waals surface area (Å²) in [5, 5.41) is 8.85. The number of thioether (sulfide) groups is 1. The third-order valence-corrected chi connectivity index (χ3v) is 3.99. The molecule has 0 saturated carbocycles. The number of hydrogen-bond donors (Lipinski definition) is 2. The van der Waals surface area contributed by atoms with E-state index in [9.17, 15) is 13.6 Å². The molecule has 2 rings (SSSR count). The highest BCUT2D eigenvalue weighted by Gasteiger charge is 2.13. The number of carbonyl (C=O) groups is 1. The smallest absolute Gasteiger partial charge is 0.307 e. The van der Waals surface area contributed by atoms with Gasteiger partial charge in [-0.25, -0.2) is 8.78 Å². The van der Waals surface area contributed by atoms with Gasteiger partial charge in [0.2, 0.25) is 0 Å². The topological polar surface area (TPSA) is 63.3 Å². The number of nitrogen functional groups attached to an aromatic ring is 1. The molecule has 21 heavy (non-hydrogen) atoms. The van der Waals surface area contributed by atoms with Gasteiger partial charge in [0.05, 0.1) is 11.3 Å². The van der Waals surface area contributed by atoms with E-state index in [-0.39, 0.29) is 22.8 Å². The Morgan fingerprint density at radius 1 is 1.14 bits per heavy atom. The van der Waals surface area contributed by atoms with Crippen molar-refractivity contribution in [2.75, 3.05) is 5.73 Å². The van der Waals surface area contributed by atoms with Gasteiger partial charge < -0.3 is 10.8 Å². The van der Waals surface area contributed by atoms with Crippen LogP contribution < -0.4 is 5.73 Å². The Balaban J connectivity index is 2.19. The van der Waals surface area contributed by atoms with Gasteiger partial charge in [-0.05, 0) is 23.3 Å². The van der Waals surface area contributed by atoms with Crippen molar-refractivity contribution in [1.82, 2.24) is 0 Å². The number of nitrogens with two attached hydrogens (primary N) is 1. The third kappa shape index (κ3) is 3.95. The molecule has 0 aliphatic carbocycles. The van der Waals surface area contributed by atoms with Crippen molar-refractivity contribution < 1.29 is 18.7 Å². The van der Waals surface area contributed by atoms with Crippen LogP contribution in [0.25, 0.3) is 0 Å². The van der Waals surface area contributed by atoms with E-state index in [0.29, 0.717) is 5.56 Å². The van der Waals surface area contributed by atoms with E-state index in [4.69, 9.17) is 10.8 Å². The fourth-order valence-electron chi connectivity index (χ4n) is 1.90. The molecule has 0 radical (unpaired) electrons. The molecule has 0 fully saturated rings. The average Bonchev–Trinajstić information content (AvgIpc) is 2.38. The lowest BCUT2D eigenvalue weighted by Crippen LogP contribution is -2.03. The van der Waals surface area contributed by atoms with Gasteiger partial charge >= 0.3 is 5.97 Å². The molecule has 0 aliphatic heterocycles. The number of anilines is 1. The van der Waals surface area contributed by atoms with Crippen molar-refractivity contribution in [2.45, 2.75) is 17.1 Å². The second-order valence-electron chi connectivity index (χ2n) is 4.44. The normalized spacial score (nSPS) is 10.6. The van der Waals surface area contributed by atoms with Crippen LogP contribution >= 0.6 is 11.8 Å². The molecule has 3 nitrogen and oxygen atoms in total. The van der Waals surface area contributed by atoms with E-state index in [0.717, 1.165) is 29.5 Å². The zero-order valence-electron chi connectivity index (χ0n) is 11.0. The third-order valence-electron chi connectivity index (χ3n) is 2.85. The Morgan fingerprint density at radius 2 is 1.71 bits per heavy atom. The van der Waals surface area contributed by atoms with Crippen LogP contribution in [0.3, 0.4) is 0 Å². The largest absolute Gasteiger partial charge is 0.481 e. The monoisotopic (exact) mass is 309 g/mol. The Kier molecular flexibility index (Phi) is 4.80. The molecule has 110 valence electrons. The second kappa shape index (κ2) is 6.58. The van der Waals surface area contributed by atoms with Crippen LogP contribution in [0.5, 0.6) is 0 Å². The van der Waals surface area contributed by atoms with Gasteiger partial charge in [-0.1, -0.05) is 24.3 Å². The lowest BCUT2D eigenvalue weighted by Gasteiger charge is -2.09. The molecule has 0 aliphatic rings. The van der Waals surface area contributed by atoms with Gasteiger partial charge in [0.15, 0.2) is 0 Å². The molecule has 0 amide bonds. The number of carboxylic acids is 1. The van der Waals surface area contributed by atoms with Crippen molar-refractivity contribution in [3.05, 3.63) is 59.2 Å². The lowest BCUT2D eigenvalue weighted by molar-refractivity contribution is -0.136. The highest BCUT2D eigenvalue weighted by Crippen LogP contribution is 2.30. The molecule has 0 saturated heterocycles. The summed E-state index contributed by atoms with van der Waals surface area (Å²) >= 11 is 0.978. The van der Waals surface area contributed by atoms with Crippen molar-refractivity contribution in [1.29, 1.82) is 0 Å². The molecule has 3 N–H and O–H groups in total. The van der Waals surface area contributed by atoms with Gasteiger partial charge in [-0.3, -0.25) is 4.79 Å². The molecule has 2 aromatic rings. The van der Waals surface area contributed by atoms with Gasteiger partial charge in [0.25, 0.3) is 0 Å². The fourth-order valence-corrected chi connectivity index (χ4v) is 2.88. The molecule has 0 bridgehead atoms. The Bertz CT molecular complexity index is 653. The Labute approximate surface area is 124 Å². The highest BCUT2D eigenvalue weighted by atomic mass is 32.2. The number of rotatable bonds is 5. The maximum absolute atomic E-state index is 13.7. The molecule has 0 atom stereocenters. The molecular weight excluding hydrogens is 296 g/mol. The fraction of sp³-hybridized carbons (Fsp3) is 0.133. The van der Waals surface area contributed by atoms with E-state index in [1.54, 1.807) is 24.3 Å². The standard InChI is InChI=1S/C15H13F2NO2S/c16-12-6-11(18)7-13(17)15(12)21-8-10-4-2-1-3-9(10)5-14(19)20/h1-4,6-7H,5,8,18H2,(H,19,20). The summed E-state index contributed by atoms with van der Waals surface area (Å²) in [6, 6.07) is 9.06. The highest BCUT2D eigenvalue weighted by molar-refractivity contribution is 7.98. The second-order valence-corrected chi connectivity index (χ2v) is 5.43. The first-order chi connectivity index (χ1) is 9.97. The summed E-state index contributed by atoms with van der Waals surface area (Å²) in [4.78, 5) is 10.7. The van der Waals surface area contributed by atoms with Crippen LogP contribution in [0.1, 0.15) is 11.1 Å². The molecule has 2 aromatic carbocycles. The van der Waals surface area contributed by atoms with Crippen molar-refractivity contribution >= 4 is 23.4 Å². The summed E-state index contributed by atoms with van der Waals surface area (Å²) < 4.78 is 27.4. The molecule has 0 aromatic heterocycles. The number of benzene rings is 2. The lowest BCUT2D eigenvalue weighted by atomic mass is 10.1. The van der Waals surface area contributed by atoms with Gasteiger partial charge in [0, 0.05) is 11.4 Å². The van der Waals surface area contributed by atoms with Crippen molar-refractivity contribution in [3.63, 3.8) is 0 Å². The SMILES string of the molecule is Nc1cc(F)c(SCc2ccccc2CC(=O)O)c(F)c1. The average molecular weight is 309 g/mol. The maximum Gasteiger partial charge on any atom is 0.307 e. The minimum atomic E-state index is -0.947. The van der Waals surface area contributed by atoms with E-state index in [1.807, 2.05) is 0 Å². The first-order valence-corrected chi connectivity index (χ1v) is 7.12. The van der Waals surface area contributed by atoms with E-state index < -0.39 is 17.6 Å². The summed E-state index contributed by atoms with van der Waals surface area (Å²) in [5.74, 6) is -2.10. The summed E-state index contributed by atoms with van der Waals surface area (Å²) in [6.45, 7) is 0. The molecule has 6 heteroatoms. The summed E-state index contributed by atoms with van der Waals surface area (Å²) in [7, 11) is 0. The Hall–Kier alpha value is -2.08. The van der Waals surface area contributed by atoms with Crippen LogP contribution in [0.2, 0.25) is 0 Å². The van der Waals surface area contributed by atoms with Crippen molar-refractivity contribution in [3.8, 4) is 0 Å². The molecule has 0 spiro atoms. The van der Waals surface area contributed by atoms with E-state index in [1.165, 1.54) is 0 Å². The minimum absolute atomic E-state index is 0.0284. The summed E-state index contributed by atoms with van der Waals surface area (Å²) in [6.07, 6.45) is -0.122.